The van der Waals surface area contributed by atoms with Crippen molar-refractivity contribution in [2.75, 3.05) is 0 Å². The maximum Gasteiger partial charge on any atom is 0.243 e. The number of carbonyl (C=O) groups excluding carboxylic acids is 1. The topological polar surface area (TPSA) is 66.0 Å². The van der Waals surface area contributed by atoms with Crippen LogP contribution in [-0.4, -0.2) is 21.7 Å². The molecule has 1 aliphatic rings. The van der Waals surface area contributed by atoms with Crippen molar-refractivity contribution in [2.24, 2.45) is 5.10 Å². The standard InChI is InChI=1S/C17H18N2O3/c1-2-4-17(21)19-15(16-5-3-10-22-16)11-14(18-19)12-6-8-13(20)9-7-12/h3,5-10,15,20H,2,4,11H2,1H3/t15-/m0/s1. The molecule has 0 radical (unpaired) electrons. The van der Waals surface area contributed by atoms with Crippen LogP contribution in [0.4, 0.5) is 0 Å². The summed E-state index contributed by atoms with van der Waals surface area (Å²) in [5.41, 5.74) is 1.73. The largest absolute Gasteiger partial charge is 0.508 e. The summed E-state index contributed by atoms with van der Waals surface area (Å²) in [6, 6.07) is 10.3. The zero-order valence-corrected chi connectivity index (χ0v) is 12.4. The highest BCUT2D eigenvalue weighted by Crippen LogP contribution is 2.33. The van der Waals surface area contributed by atoms with Gasteiger partial charge in [-0.05, 0) is 48.4 Å². The third-order valence-corrected chi connectivity index (χ3v) is 3.70. The molecular weight excluding hydrogens is 280 g/mol. The zero-order chi connectivity index (χ0) is 15.5. The molecule has 2 aromatic rings. The predicted molar refractivity (Wildman–Crippen MR) is 82.5 cm³/mol. The Morgan fingerprint density at radius 2 is 2.14 bits per heavy atom. The molecular formula is C17H18N2O3. The van der Waals surface area contributed by atoms with E-state index in [0.717, 1.165) is 23.5 Å². The summed E-state index contributed by atoms with van der Waals surface area (Å²) in [5.74, 6) is 0.948. The molecule has 1 amide bonds. The van der Waals surface area contributed by atoms with Crippen molar-refractivity contribution < 1.29 is 14.3 Å². The van der Waals surface area contributed by atoms with Gasteiger partial charge in [0.25, 0.3) is 0 Å². The van der Waals surface area contributed by atoms with Crippen LogP contribution in [0.15, 0.2) is 52.2 Å². The second-order valence-electron chi connectivity index (χ2n) is 5.32. The summed E-state index contributed by atoms with van der Waals surface area (Å²) in [7, 11) is 0. The average Bonchev–Trinajstić information content (AvgIpc) is 3.17. The summed E-state index contributed by atoms with van der Waals surface area (Å²) in [6.07, 6.45) is 3.46. The Morgan fingerprint density at radius 1 is 1.36 bits per heavy atom. The van der Waals surface area contributed by atoms with Crippen LogP contribution in [-0.2, 0) is 4.79 Å². The molecule has 0 spiro atoms. The lowest BCUT2D eigenvalue weighted by Gasteiger charge is -2.19. The molecule has 1 atom stereocenters. The summed E-state index contributed by atoms with van der Waals surface area (Å²) in [4.78, 5) is 12.3. The van der Waals surface area contributed by atoms with Gasteiger partial charge in [-0.15, -0.1) is 0 Å². The predicted octanol–water partition coefficient (Wildman–Crippen LogP) is 3.46. The molecule has 22 heavy (non-hydrogen) atoms. The highest BCUT2D eigenvalue weighted by atomic mass is 16.3. The van der Waals surface area contributed by atoms with E-state index < -0.39 is 0 Å². The Hall–Kier alpha value is -2.56. The van der Waals surface area contributed by atoms with E-state index in [1.165, 1.54) is 5.01 Å². The summed E-state index contributed by atoms with van der Waals surface area (Å²) in [6.45, 7) is 1.97. The fourth-order valence-electron chi connectivity index (χ4n) is 2.60. The van der Waals surface area contributed by atoms with Gasteiger partial charge in [-0.25, -0.2) is 5.01 Å². The van der Waals surface area contributed by atoms with Gasteiger partial charge in [-0.2, -0.15) is 5.10 Å². The normalized spacial score (nSPS) is 17.6. The summed E-state index contributed by atoms with van der Waals surface area (Å²) >= 11 is 0. The first-order valence-corrected chi connectivity index (χ1v) is 7.41. The minimum Gasteiger partial charge on any atom is -0.508 e. The van der Waals surface area contributed by atoms with Crippen LogP contribution in [0.5, 0.6) is 5.75 Å². The number of hydrazone groups is 1. The van der Waals surface area contributed by atoms with E-state index in [0.29, 0.717) is 12.8 Å². The minimum atomic E-state index is -0.196. The molecule has 2 heterocycles. The molecule has 1 aliphatic heterocycles. The number of phenolic OH excluding ortho intramolecular Hbond substituents is 1. The first kappa shape index (κ1) is 14.4. The van der Waals surface area contributed by atoms with E-state index in [-0.39, 0.29) is 17.7 Å². The van der Waals surface area contributed by atoms with E-state index in [9.17, 15) is 9.90 Å². The van der Waals surface area contributed by atoms with Crippen molar-refractivity contribution in [1.82, 2.24) is 5.01 Å². The van der Waals surface area contributed by atoms with Crippen molar-refractivity contribution in [3.05, 3.63) is 54.0 Å². The maximum absolute atomic E-state index is 12.3. The number of furan rings is 1. The average molecular weight is 298 g/mol. The van der Waals surface area contributed by atoms with E-state index in [1.807, 2.05) is 19.1 Å². The highest BCUT2D eigenvalue weighted by molar-refractivity contribution is 6.03. The molecule has 0 saturated carbocycles. The van der Waals surface area contributed by atoms with Gasteiger partial charge in [0.2, 0.25) is 5.91 Å². The van der Waals surface area contributed by atoms with Gasteiger partial charge in [-0.1, -0.05) is 6.92 Å². The van der Waals surface area contributed by atoms with Gasteiger partial charge in [0.05, 0.1) is 12.0 Å². The highest BCUT2D eigenvalue weighted by Gasteiger charge is 2.34. The second kappa shape index (κ2) is 6.05. The van der Waals surface area contributed by atoms with Crippen LogP contribution in [0, 0.1) is 0 Å². The molecule has 1 N–H and O–H groups in total. The van der Waals surface area contributed by atoms with E-state index in [4.69, 9.17) is 4.42 Å². The van der Waals surface area contributed by atoms with Crippen molar-refractivity contribution in [3.8, 4) is 5.75 Å². The molecule has 0 unspecified atom stereocenters. The molecule has 0 bridgehead atoms. The fraction of sp³-hybridized carbons (Fsp3) is 0.294. The lowest BCUT2D eigenvalue weighted by atomic mass is 10.0. The molecule has 1 aromatic carbocycles. The molecule has 114 valence electrons. The van der Waals surface area contributed by atoms with Gasteiger partial charge in [-0.3, -0.25) is 4.79 Å². The third kappa shape index (κ3) is 2.74. The van der Waals surface area contributed by atoms with Crippen LogP contribution in [0.2, 0.25) is 0 Å². The molecule has 0 saturated heterocycles. The smallest absolute Gasteiger partial charge is 0.243 e. The summed E-state index contributed by atoms with van der Waals surface area (Å²) in [5, 5.41) is 15.4. The Morgan fingerprint density at radius 3 is 2.77 bits per heavy atom. The lowest BCUT2D eigenvalue weighted by Crippen LogP contribution is -2.26. The third-order valence-electron chi connectivity index (χ3n) is 3.70. The first-order chi connectivity index (χ1) is 10.7. The van der Waals surface area contributed by atoms with Crippen molar-refractivity contribution in [2.45, 2.75) is 32.2 Å². The van der Waals surface area contributed by atoms with Gasteiger partial charge in [0, 0.05) is 12.8 Å². The number of rotatable bonds is 4. The lowest BCUT2D eigenvalue weighted by molar-refractivity contribution is -0.133. The molecule has 1 aromatic heterocycles. The monoisotopic (exact) mass is 298 g/mol. The first-order valence-electron chi connectivity index (χ1n) is 7.41. The Bertz CT molecular complexity index is 674. The number of carbonyl (C=O) groups is 1. The number of phenols is 1. The number of hydrogen-bond donors (Lipinski definition) is 1. The van der Waals surface area contributed by atoms with Gasteiger partial charge in [0.1, 0.15) is 17.6 Å². The number of nitrogens with zero attached hydrogens (tertiary/aromatic N) is 2. The molecule has 5 nitrogen and oxygen atoms in total. The molecule has 0 aliphatic carbocycles. The Kier molecular flexibility index (Phi) is 3.96. The SMILES string of the molecule is CCCC(=O)N1N=C(c2ccc(O)cc2)C[C@H]1c1ccco1. The molecule has 3 rings (SSSR count). The van der Waals surface area contributed by atoms with E-state index in [1.54, 1.807) is 30.5 Å². The van der Waals surface area contributed by atoms with Crippen molar-refractivity contribution >= 4 is 11.6 Å². The van der Waals surface area contributed by atoms with Gasteiger partial charge in [0.15, 0.2) is 0 Å². The zero-order valence-electron chi connectivity index (χ0n) is 12.4. The van der Waals surface area contributed by atoms with Crippen LogP contribution < -0.4 is 0 Å². The molecule has 5 heteroatoms. The van der Waals surface area contributed by atoms with Crippen LogP contribution in [0.3, 0.4) is 0 Å². The van der Waals surface area contributed by atoms with Crippen LogP contribution in [0.25, 0.3) is 0 Å². The number of benzene rings is 1. The van der Waals surface area contributed by atoms with Gasteiger partial charge >= 0.3 is 0 Å². The number of hydrogen-bond acceptors (Lipinski definition) is 4. The second-order valence-corrected chi connectivity index (χ2v) is 5.32. The fourth-order valence-corrected chi connectivity index (χ4v) is 2.60. The van der Waals surface area contributed by atoms with Crippen molar-refractivity contribution in [1.29, 1.82) is 0 Å². The Balaban J connectivity index is 1.91. The quantitative estimate of drug-likeness (QED) is 0.940. The number of aromatic hydroxyl groups is 1. The minimum absolute atomic E-state index is 0.00215. The van der Waals surface area contributed by atoms with Gasteiger partial charge < -0.3 is 9.52 Å². The Labute approximate surface area is 128 Å². The summed E-state index contributed by atoms with van der Waals surface area (Å²) < 4.78 is 5.47. The van der Waals surface area contributed by atoms with Crippen LogP contribution in [0.1, 0.15) is 43.6 Å². The van der Waals surface area contributed by atoms with Crippen LogP contribution >= 0.6 is 0 Å². The maximum atomic E-state index is 12.3. The van der Waals surface area contributed by atoms with E-state index >= 15 is 0 Å². The van der Waals surface area contributed by atoms with E-state index in [2.05, 4.69) is 5.10 Å². The van der Waals surface area contributed by atoms with Crippen molar-refractivity contribution in [3.63, 3.8) is 0 Å². The number of amides is 1. The molecule has 0 fully saturated rings.